The maximum absolute atomic E-state index is 12.7. The lowest BCUT2D eigenvalue weighted by Crippen LogP contribution is -2.23. The van der Waals surface area contributed by atoms with E-state index in [1.807, 2.05) is 0 Å². The Bertz CT molecular complexity index is 961. The lowest BCUT2D eigenvalue weighted by molar-refractivity contribution is 0.102. The molecule has 0 radical (unpaired) electrons. The number of carbonyl (C=O) groups excluding carboxylic acids is 1. The molecule has 0 fully saturated rings. The second kappa shape index (κ2) is 8.49. The fourth-order valence-electron chi connectivity index (χ4n) is 2.57. The number of aryl methyl sites for hydroxylation is 1. The Balaban J connectivity index is 2.41. The molecule has 0 bridgehead atoms. The molecule has 2 aromatic rings. The molecule has 0 spiro atoms. The largest absolute Gasteiger partial charge is 0.493 e. The highest BCUT2D eigenvalue weighted by atomic mass is 32.2. The normalized spacial score (nSPS) is 11.2. The molecule has 0 unspecified atom stereocenters. The van der Waals surface area contributed by atoms with Gasteiger partial charge in [0.15, 0.2) is 11.5 Å². The lowest BCUT2D eigenvalue weighted by atomic mass is 10.1. The van der Waals surface area contributed by atoms with Gasteiger partial charge < -0.3 is 19.5 Å². The molecule has 0 aliphatic carbocycles. The first kappa shape index (κ1) is 21.5. The van der Waals surface area contributed by atoms with Crippen LogP contribution in [-0.2, 0) is 10.0 Å². The number of nitrogens with zero attached hydrogens (tertiary/aromatic N) is 1. The van der Waals surface area contributed by atoms with Crippen LogP contribution in [0.15, 0.2) is 35.2 Å². The van der Waals surface area contributed by atoms with E-state index < -0.39 is 15.9 Å². The third-order valence-corrected chi connectivity index (χ3v) is 6.09. The van der Waals surface area contributed by atoms with Crippen molar-refractivity contribution in [3.63, 3.8) is 0 Å². The molecular formula is C19H24N2O6S. The zero-order valence-electron chi connectivity index (χ0n) is 16.7. The number of hydrogen-bond donors (Lipinski definition) is 1. The first-order valence-corrected chi connectivity index (χ1v) is 9.74. The van der Waals surface area contributed by atoms with E-state index in [4.69, 9.17) is 14.2 Å². The van der Waals surface area contributed by atoms with Crippen molar-refractivity contribution in [2.24, 2.45) is 0 Å². The number of nitrogens with one attached hydrogen (secondary N) is 1. The molecule has 0 aliphatic heterocycles. The summed E-state index contributed by atoms with van der Waals surface area (Å²) in [6.07, 6.45) is 0. The first-order chi connectivity index (χ1) is 13.1. The summed E-state index contributed by atoms with van der Waals surface area (Å²) < 4.78 is 41.8. The van der Waals surface area contributed by atoms with Gasteiger partial charge in [-0.15, -0.1) is 0 Å². The summed E-state index contributed by atoms with van der Waals surface area (Å²) in [6.45, 7) is 1.70. The molecule has 1 N–H and O–H groups in total. The zero-order valence-corrected chi connectivity index (χ0v) is 17.5. The summed E-state index contributed by atoms with van der Waals surface area (Å²) in [6, 6.07) is 7.74. The highest BCUT2D eigenvalue weighted by molar-refractivity contribution is 7.89. The number of sulfonamides is 1. The molecule has 0 aliphatic rings. The number of rotatable bonds is 7. The van der Waals surface area contributed by atoms with Gasteiger partial charge in [-0.2, -0.15) is 0 Å². The minimum atomic E-state index is -3.64. The number of amides is 1. The molecule has 9 heteroatoms. The van der Waals surface area contributed by atoms with E-state index in [1.165, 1.54) is 53.6 Å². The molecule has 2 rings (SSSR count). The molecule has 28 heavy (non-hydrogen) atoms. The van der Waals surface area contributed by atoms with Crippen LogP contribution in [0.2, 0.25) is 0 Å². The van der Waals surface area contributed by atoms with Crippen LogP contribution in [0.5, 0.6) is 17.2 Å². The van der Waals surface area contributed by atoms with Gasteiger partial charge in [-0.1, -0.05) is 6.07 Å². The highest BCUT2D eigenvalue weighted by Crippen LogP contribution is 2.38. The first-order valence-electron chi connectivity index (χ1n) is 8.30. The summed E-state index contributed by atoms with van der Waals surface area (Å²) in [5.41, 5.74) is 1.20. The van der Waals surface area contributed by atoms with Crippen LogP contribution < -0.4 is 19.5 Å². The Morgan fingerprint density at radius 1 is 0.964 bits per heavy atom. The average molecular weight is 408 g/mol. The van der Waals surface area contributed by atoms with Gasteiger partial charge in [0, 0.05) is 25.3 Å². The molecule has 0 heterocycles. The molecule has 8 nitrogen and oxygen atoms in total. The Morgan fingerprint density at radius 3 is 2.00 bits per heavy atom. The van der Waals surface area contributed by atoms with E-state index in [2.05, 4.69) is 5.32 Å². The number of anilines is 1. The summed E-state index contributed by atoms with van der Waals surface area (Å²) in [5, 5.41) is 2.70. The van der Waals surface area contributed by atoms with Gasteiger partial charge in [-0.3, -0.25) is 4.79 Å². The second-order valence-electron chi connectivity index (χ2n) is 6.14. The van der Waals surface area contributed by atoms with E-state index >= 15 is 0 Å². The Hall–Kier alpha value is -2.78. The van der Waals surface area contributed by atoms with Gasteiger partial charge in [-0.25, -0.2) is 12.7 Å². The maximum Gasteiger partial charge on any atom is 0.255 e. The van der Waals surface area contributed by atoms with Crippen molar-refractivity contribution >= 4 is 21.6 Å². The standard InChI is InChI=1S/C19H24N2O6S/c1-12-7-8-14(11-17(12)28(23,24)21(2)3)20-19(22)13-9-15(25-4)18(27-6)16(10-13)26-5/h7-11H,1-6H3,(H,20,22). The lowest BCUT2D eigenvalue weighted by Gasteiger charge is -2.16. The minimum absolute atomic E-state index is 0.125. The fraction of sp³-hybridized carbons (Fsp3) is 0.316. The van der Waals surface area contributed by atoms with Gasteiger partial charge in [0.2, 0.25) is 15.8 Å². The predicted octanol–water partition coefficient (Wildman–Crippen LogP) is 2.52. The van der Waals surface area contributed by atoms with Crippen LogP contribution in [0.3, 0.4) is 0 Å². The van der Waals surface area contributed by atoms with Crippen molar-refractivity contribution in [2.75, 3.05) is 40.7 Å². The van der Waals surface area contributed by atoms with Crippen LogP contribution in [0.25, 0.3) is 0 Å². The van der Waals surface area contributed by atoms with Crippen LogP contribution in [0.4, 0.5) is 5.69 Å². The van der Waals surface area contributed by atoms with Crippen molar-refractivity contribution in [1.29, 1.82) is 0 Å². The van der Waals surface area contributed by atoms with E-state index in [1.54, 1.807) is 19.1 Å². The van der Waals surface area contributed by atoms with Crippen LogP contribution in [0.1, 0.15) is 15.9 Å². The summed E-state index contributed by atoms with van der Waals surface area (Å²) in [5.74, 6) is 0.603. The minimum Gasteiger partial charge on any atom is -0.493 e. The Labute approximate surface area is 165 Å². The van der Waals surface area contributed by atoms with Gasteiger partial charge in [0.05, 0.1) is 26.2 Å². The molecule has 0 atom stereocenters. The van der Waals surface area contributed by atoms with Gasteiger partial charge in [0.25, 0.3) is 5.91 Å². The van der Waals surface area contributed by atoms with E-state index in [-0.39, 0.29) is 10.5 Å². The van der Waals surface area contributed by atoms with Gasteiger partial charge in [-0.05, 0) is 36.8 Å². The summed E-state index contributed by atoms with van der Waals surface area (Å²) in [4.78, 5) is 12.8. The summed E-state index contributed by atoms with van der Waals surface area (Å²) in [7, 11) is 3.66. The third kappa shape index (κ3) is 4.20. The van der Waals surface area contributed by atoms with Gasteiger partial charge >= 0.3 is 0 Å². The zero-order chi connectivity index (χ0) is 21.1. The molecule has 0 aromatic heterocycles. The quantitative estimate of drug-likeness (QED) is 0.757. The van der Waals surface area contributed by atoms with E-state index in [9.17, 15) is 13.2 Å². The number of hydrogen-bond acceptors (Lipinski definition) is 6. The number of carbonyl (C=O) groups is 1. The van der Waals surface area contributed by atoms with Crippen molar-refractivity contribution in [3.05, 3.63) is 41.5 Å². The van der Waals surface area contributed by atoms with Crippen LogP contribution in [0, 0.1) is 6.92 Å². The highest BCUT2D eigenvalue weighted by Gasteiger charge is 2.21. The molecule has 152 valence electrons. The molecular weight excluding hydrogens is 384 g/mol. The van der Waals surface area contributed by atoms with Crippen molar-refractivity contribution in [1.82, 2.24) is 4.31 Å². The molecule has 0 saturated carbocycles. The molecule has 2 aromatic carbocycles. The number of benzene rings is 2. The van der Waals surface area contributed by atoms with Crippen LogP contribution >= 0.6 is 0 Å². The molecule has 1 amide bonds. The maximum atomic E-state index is 12.7. The van der Waals surface area contributed by atoms with Crippen molar-refractivity contribution < 1.29 is 27.4 Å². The fourth-order valence-corrected chi connectivity index (χ4v) is 3.71. The van der Waals surface area contributed by atoms with Crippen molar-refractivity contribution in [3.8, 4) is 17.2 Å². The van der Waals surface area contributed by atoms with Gasteiger partial charge in [0.1, 0.15) is 0 Å². The van der Waals surface area contributed by atoms with E-state index in [0.29, 0.717) is 28.5 Å². The topological polar surface area (TPSA) is 94.2 Å². The smallest absolute Gasteiger partial charge is 0.255 e. The second-order valence-corrected chi connectivity index (χ2v) is 8.26. The SMILES string of the molecule is COc1cc(C(=O)Nc2ccc(C)c(S(=O)(=O)N(C)C)c2)cc(OC)c1OC. The average Bonchev–Trinajstić information content (AvgIpc) is 2.67. The van der Waals surface area contributed by atoms with E-state index in [0.717, 1.165) is 4.31 Å². The number of methoxy groups -OCH3 is 3. The number of ether oxygens (including phenoxy) is 3. The Kier molecular flexibility index (Phi) is 6.52. The monoisotopic (exact) mass is 408 g/mol. The Morgan fingerprint density at radius 2 is 1.54 bits per heavy atom. The third-order valence-electron chi connectivity index (χ3n) is 4.13. The van der Waals surface area contributed by atoms with Crippen LogP contribution in [-0.4, -0.2) is 54.1 Å². The predicted molar refractivity (Wildman–Crippen MR) is 106 cm³/mol. The summed E-state index contributed by atoms with van der Waals surface area (Å²) >= 11 is 0. The van der Waals surface area contributed by atoms with Crippen molar-refractivity contribution in [2.45, 2.75) is 11.8 Å². The molecule has 0 saturated heterocycles.